The fourth-order valence-corrected chi connectivity index (χ4v) is 0.508. The number of ether oxygens (including phenoxy) is 1. The molecule has 0 atom stereocenters. The van der Waals surface area contributed by atoms with Gasteiger partial charge in [0.25, 0.3) is 0 Å². The van der Waals surface area contributed by atoms with Gasteiger partial charge < -0.3 is 4.74 Å². The van der Waals surface area contributed by atoms with Gasteiger partial charge in [0.15, 0.2) is 0 Å². The molecule has 0 aromatic carbocycles. The van der Waals surface area contributed by atoms with E-state index in [9.17, 15) is 9.59 Å². The zero-order valence-electron chi connectivity index (χ0n) is 4.79. The van der Waals surface area contributed by atoms with Crippen molar-refractivity contribution >= 4 is 12.3 Å². The van der Waals surface area contributed by atoms with E-state index in [1.807, 2.05) is 0 Å². The number of hydrogen-bond donors (Lipinski definition) is 0. The zero-order chi connectivity index (χ0) is 6.69. The van der Waals surface area contributed by atoms with Crippen molar-refractivity contribution in [3.8, 4) is 0 Å². The van der Waals surface area contributed by atoms with Gasteiger partial charge >= 0.3 is 5.97 Å². The molecule has 9 heavy (non-hydrogen) atoms. The predicted molar refractivity (Wildman–Crippen MR) is 29.5 cm³/mol. The summed E-state index contributed by atoms with van der Waals surface area (Å²) in [6.07, 6.45) is 3.67. The van der Waals surface area contributed by atoms with Gasteiger partial charge in [0.05, 0.1) is 0 Å². The third-order valence-corrected chi connectivity index (χ3v) is 1.09. The number of rotatable bonds is 2. The Morgan fingerprint density at radius 3 is 2.78 bits per heavy atom. The molecule has 0 unspecified atom stereocenters. The SMILES string of the molecule is O=CC(=O)OC1=CCC1. The molecule has 48 valence electrons. The van der Waals surface area contributed by atoms with Crippen molar-refractivity contribution in [1.29, 1.82) is 0 Å². The second-order valence-electron chi connectivity index (χ2n) is 1.75. The maximum Gasteiger partial charge on any atom is 0.376 e. The average molecular weight is 126 g/mol. The van der Waals surface area contributed by atoms with E-state index in [0.29, 0.717) is 5.76 Å². The topological polar surface area (TPSA) is 43.4 Å². The van der Waals surface area contributed by atoms with Crippen LogP contribution >= 0.6 is 0 Å². The molecule has 0 bridgehead atoms. The van der Waals surface area contributed by atoms with Gasteiger partial charge in [0, 0.05) is 6.42 Å². The van der Waals surface area contributed by atoms with Gasteiger partial charge in [-0.25, -0.2) is 4.79 Å². The van der Waals surface area contributed by atoms with Crippen molar-refractivity contribution < 1.29 is 14.3 Å². The summed E-state index contributed by atoms with van der Waals surface area (Å²) < 4.78 is 4.49. The molecule has 0 saturated heterocycles. The Bertz CT molecular complexity index is 169. The first kappa shape index (κ1) is 6.01. The standard InChI is InChI=1S/C6H6O3/c7-4-6(8)9-5-2-1-3-5/h2,4H,1,3H2. The Hall–Kier alpha value is -1.12. The molecule has 1 aliphatic rings. The minimum atomic E-state index is -0.805. The van der Waals surface area contributed by atoms with E-state index in [2.05, 4.69) is 4.74 Å². The largest absolute Gasteiger partial charge is 0.426 e. The van der Waals surface area contributed by atoms with E-state index in [-0.39, 0.29) is 6.29 Å². The molecule has 0 saturated carbocycles. The van der Waals surface area contributed by atoms with Crippen LogP contribution in [0.4, 0.5) is 0 Å². The number of allylic oxidation sites excluding steroid dienone is 2. The van der Waals surface area contributed by atoms with Crippen LogP contribution in [0.5, 0.6) is 0 Å². The van der Waals surface area contributed by atoms with Crippen LogP contribution in [0.2, 0.25) is 0 Å². The highest BCUT2D eigenvalue weighted by atomic mass is 16.5. The van der Waals surface area contributed by atoms with Crippen molar-refractivity contribution in [3.63, 3.8) is 0 Å². The Morgan fingerprint density at radius 1 is 1.78 bits per heavy atom. The number of carbonyl (C=O) groups is 2. The summed E-state index contributed by atoms with van der Waals surface area (Å²) in [5.74, 6) is -0.187. The van der Waals surface area contributed by atoms with Crippen molar-refractivity contribution in [1.82, 2.24) is 0 Å². The van der Waals surface area contributed by atoms with Gasteiger partial charge in [-0.05, 0) is 12.5 Å². The minimum Gasteiger partial charge on any atom is -0.426 e. The van der Waals surface area contributed by atoms with E-state index in [0.717, 1.165) is 12.8 Å². The Balaban J connectivity index is 2.32. The highest BCUT2D eigenvalue weighted by Gasteiger charge is 2.10. The molecule has 0 amide bonds. The summed E-state index contributed by atoms with van der Waals surface area (Å²) in [7, 11) is 0. The van der Waals surface area contributed by atoms with Gasteiger partial charge in [0.1, 0.15) is 5.76 Å². The molecule has 0 aromatic rings. The molecule has 0 aromatic heterocycles. The molecule has 0 aliphatic heterocycles. The summed E-state index contributed by atoms with van der Waals surface area (Å²) in [5, 5.41) is 0. The second kappa shape index (κ2) is 2.44. The first-order chi connectivity index (χ1) is 4.33. The van der Waals surface area contributed by atoms with Crippen LogP contribution in [-0.2, 0) is 14.3 Å². The lowest BCUT2D eigenvalue weighted by atomic mass is 10.1. The van der Waals surface area contributed by atoms with Crippen LogP contribution in [0, 0.1) is 0 Å². The lowest BCUT2D eigenvalue weighted by Crippen LogP contribution is -2.08. The maximum atomic E-state index is 10.2. The minimum absolute atomic E-state index is 0.166. The summed E-state index contributed by atoms with van der Waals surface area (Å²) in [6, 6.07) is 0. The first-order valence-corrected chi connectivity index (χ1v) is 2.69. The summed E-state index contributed by atoms with van der Waals surface area (Å²) in [4.78, 5) is 19.9. The van der Waals surface area contributed by atoms with Crippen molar-refractivity contribution in [2.45, 2.75) is 12.8 Å². The molecular formula is C6H6O3. The smallest absolute Gasteiger partial charge is 0.376 e. The predicted octanol–water partition coefficient (Wildman–Crippen LogP) is 0.406. The van der Waals surface area contributed by atoms with Gasteiger partial charge in [-0.15, -0.1) is 0 Å². The lowest BCUT2D eigenvalue weighted by molar-refractivity contribution is -0.145. The van der Waals surface area contributed by atoms with E-state index in [1.54, 1.807) is 6.08 Å². The third kappa shape index (κ3) is 1.38. The highest BCUT2D eigenvalue weighted by molar-refractivity contribution is 6.20. The van der Waals surface area contributed by atoms with Gasteiger partial charge in [-0.3, -0.25) is 4.79 Å². The molecule has 0 radical (unpaired) electrons. The number of carbonyl (C=O) groups excluding carboxylic acids is 2. The molecule has 0 fully saturated rings. The normalized spacial score (nSPS) is 15.3. The van der Waals surface area contributed by atoms with E-state index >= 15 is 0 Å². The molecule has 1 rings (SSSR count). The molecule has 3 heteroatoms. The Labute approximate surface area is 52.3 Å². The summed E-state index contributed by atoms with van der Waals surface area (Å²) >= 11 is 0. The van der Waals surface area contributed by atoms with E-state index < -0.39 is 5.97 Å². The molecule has 0 spiro atoms. The quantitative estimate of drug-likeness (QED) is 0.305. The zero-order valence-corrected chi connectivity index (χ0v) is 4.79. The Morgan fingerprint density at radius 2 is 2.44 bits per heavy atom. The van der Waals surface area contributed by atoms with Crippen LogP contribution in [0.25, 0.3) is 0 Å². The van der Waals surface area contributed by atoms with Crippen molar-refractivity contribution in [3.05, 3.63) is 11.8 Å². The maximum absolute atomic E-state index is 10.2. The molecular weight excluding hydrogens is 120 g/mol. The van der Waals surface area contributed by atoms with Crippen molar-refractivity contribution in [2.75, 3.05) is 0 Å². The first-order valence-electron chi connectivity index (χ1n) is 2.69. The summed E-state index contributed by atoms with van der Waals surface area (Å²) in [6.45, 7) is 0. The second-order valence-corrected chi connectivity index (χ2v) is 1.75. The average Bonchev–Trinajstić information content (AvgIpc) is 1.78. The molecule has 1 aliphatic carbocycles. The van der Waals surface area contributed by atoms with Crippen LogP contribution in [-0.4, -0.2) is 12.3 Å². The van der Waals surface area contributed by atoms with Crippen molar-refractivity contribution in [2.24, 2.45) is 0 Å². The molecule has 0 N–H and O–H groups in total. The number of hydrogen-bond acceptors (Lipinski definition) is 3. The van der Waals surface area contributed by atoms with Crippen LogP contribution in [0.3, 0.4) is 0 Å². The highest BCUT2D eigenvalue weighted by Crippen LogP contribution is 2.18. The van der Waals surface area contributed by atoms with Crippen LogP contribution in [0.1, 0.15) is 12.8 Å². The fraction of sp³-hybridized carbons (Fsp3) is 0.333. The third-order valence-electron chi connectivity index (χ3n) is 1.09. The van der Waals surface area contributed by atoms with E-state index in [4.69, 9.17) is 0 Å². The van der Waals surface area contributed by atoms with Gasteiger partial charge in [-0.1, -0.05) is 0 Å². The number of aldehydes is 1. The molecule has 0 heterocycles. The Kier molecular flexibility index (Phi) is 1.63. The van der Waals surface area contributed by atoms with Gasteiger partial charge in [-0.2, -0.15) is 0 Å². The monoisotopic (exact) mass is 126 g/mol. The van der Waals surface area contributed by atoms with Crippen LogP contribution < -0.4 is 0 Å². The van der Waals surface area contributed by atoms with Gasteiger partial charge in [0.2, 0.25) is 6.29 Å². The fourth-order valence-electron chi connectivity index (χ4n) is 0.508. The van der Waals surface area contributed by atoms with E-state index in [1.165, 1.54) is 0 Å². The number of esters is 1. The molecule has 3 nitrogen and oxygen atoms in total. The lowest BCUT2D eigenvalue weighted by Gasteiger charge is -2.11. The summed E-state index contributed by atoms with van der Waals surface area (Å²) in [5.41, 5.74) is 0. The van der Waals surface area contributed by atoms with Crippen LogP contribution in [0.15, 0.2) is 11.8 Å².